The zero-order valence-electron chi connectivity index (χ0n) is 9.07. The molecule has 18 heavy (non-hydrogen) atoms. The summed E-state index contributed by atoms with van der Waals surface area (Å²) in [5.74, 6) is -1.40. The molecule has 0 atom stereocenters. The lowest BCUT2D eigenvalue weighted by molar-refractivity contribution is 0.0680. The van der Waals surface area contributed by atoms with Crippen LogP contribution >= 0.6 is 0 Å². The number of hydrogen-bond acceptors (Lipinski definition) is 5. The van der Waals surface area contributed by atoms with Crippen LogP contribution in [-0.2, 0) is 0 Å². The van der Waals surface area contributed by atoms with Crippen LogP contribution in [0, 0.1) is 0 Å². The van der Waals surface area contributed by atoms with Gasteiger partial charge < -0.3 is 9.63 Å². The predicted molar refractivity (Wildman–Crippen MR) is 62.0 cm³/mol. The molecule has 0 saturated heterocycles. The third kappa shape index (κ3) is 1.60. The maximum Gasteiger partial charge on any atom is 0.377 e. The minimum atomic E-state index is -1.22. The summed E-state index contributed by atoms with van der Waals surface area (Å²) < 4.78 is 4.95. The normalized spacial score (nSPS) is 10.7. The highest BCUT2D eigenvalue weighted by Crippen LogP contribution is 2.25. The van der Waals surface area contributed by atoms with Crippen molar-refractivity contribution >= 4 is 16.9 Å². The highest BCUT2D eigenvalue weighted by atomic mass is 16.5. The molecular formula is C12H7N3O3. The molecule has 3 rings (SSSR count). The summed E-state index contributed by atoms with van der Waals surface area (Å²) >= 11 is 0. The summed E-state index contributed by atoms with van der Waals surface area (Å²) in [6.07, 6.45) is 1.61. The first-order valence-electron chi connectivity index (χ1n) is 5.17. The lowest BCUT2D eigenvalue weighted by Crippen LogP contribution is -1.98. The minimum absolute atomic E-state index is 0.172. The second-order valence-electron chi connectivity index (χ2n) is 3.60. The van der Waals surface area contributed by atoms with Gasteiger partial charge in [0.15, 0.2) is 0 Å². The number of fused-ring (bicyclic) bond motifs is 1. The van der Waals surface area contributed by atoms with Crippen molar-refractivity contribution in [3.05, 3.63) is 42.4 Å². The van der Waals surface area contributed by atoms with Crippen LogP contribution in [0.15, 0.2) is 41.1 Å². The van der Waals surface area contributed by atoms with Gasteiger partial charge in [0.1, 0.15) is 0 Å². The van der Waals surface area contributed by atoms with Gasteiger partial charge >= 0.3 is 5.97 Å². The third-order valence-electron chi connectivity index (χ3n) is 2.50. The Bertz CT molecular complexity index is 731. The van der Waals surface area contributed by atoms with Crippen LogP contribution in [0.5, 0.6) is 0 Å². The summed E-state index contributed by atoms with van der Waals surface area (Å²) in [6, 6.07) is 9.16. The summed E-state index contributed by atoms with van der Waals surface area (Å²) in [4.78, 5) is 18.7. The molecule has 0 amide bonds. The fourth-order valence-electron chi connectivity index (χ4n) is 1.70. The average Bonchev–Trinajstić information content (AvgIpc) is 2.87. The van der Waals surface area contributed by atoms with E-state index in [9.17, 15) is 4.79 Å². The van der Waals surface area contributed by atoms with Gasteiger partial charge in [0.25, 0.3) is 11.7 Å². The lowest BCUT2D eigenvalue weighted by Gasteiger charge is -2.00. The maximum absolute atomic E-state index is 10.7. The molecule has 0 aliphatic rings. The molecular weight excluding hydrogens is 234 g/mol. The van der Waals surface area contributed by atoms with E-state index in [1.165, 1.54) is 0 Å². The Hall–Kier alpha value is -2.76. The Labute approximate surface area is 101 Å². The Balaban J connectivity index is 2.21. The summed E-state index contributed by atoms with van der Waals surface area (Å²) in [6.45, 7) is 0. The van der Waals surface area contributed by atoms with Crippen molar-refractivity contribution in [2.75, 3.05) is 0 Å². The van der Waals surface area contributed by atoms with E-state index in [-0.39, 0.29) is 11.7 Å². The highest BCUT2D eigenvalue weighted by Gasteiger charge is 2.15. The molecule has 0 aliphatic carbocycles. The quantitative estimate of drug-likeness (QED) is 0.737. The smallest absolute Gasteiger partial charge is 0.377 e. The van der Waals surface area contributed by atoms with Gasteiger partial charge in [0.2, 0.25) is 0 Å². The van der Waals surface area contributed by atoms with Crippen molar-refractivity contribution in [1.29, 1.82) is 0 Å². The number of carboxylic acids is 1. The molecule has 0 saturated carbocycles. The van der Waals surface area contributed by atoms with Crippen molar-refractivity contribution in [2.45, 2.75) is 0 Å². The molecule has 0 radical (unpaired) electrons. The molecule has 2 aromatic heterocycles. The van der Waals surface area contributed by atoms with Crippen LogP contribution < -0.4 is 0 Å². The molecule has 6 nitrogen and oxygen atoms in total. The van der Waals surface area contributed by atoms with Crippen LogP contribution in [0.3, 0.4) is 0 Å². The van der Waals surface area contributed by atoms with Gasteiger partial charge in [-0.1, -0.05) is 18.2 Å². The lowest BCUT2D eigenvalue weighted by atomic mass is 10.1. The van der Waals surface area contributed by atoms with E-state index in [2.05, 4.69) is 15.1 Å². The van der Waals surface area contributed by atoms with Crippen LogP contribution in [-0.4, -0.2) is 26.2 Å². The maximum atomic E-state index is 10.7. The largest absolute Gasteiger partial charge is 0.475 e. The van der Waals surface area contributed by atoms with E-state index in [0.29, 0.717) is 5.56 Å². The summed E-state index contributed by atoms with van der Waals surface area (Å²) in [5.41, 5.74) is 1.45. The number of nitrogens with zero attached hydrogens (tertiary/aromatic N) is 3. The molecule has 1 aromatic carbocycles. The van der Waals surface area contributed by atoms with Crippen LogP contribution in [0.1, 0.15) is 10.6 Å². The van der Waals surface area contributed by atoms with Gasteiger partial charge in [-0.2, -0.15) is 4.98 Å². The number of rotatable bonds is 2. The number of hydrogen-bond donors (Lipinski definition) is 1. The van der Waals surface area contributed by atoms with E-state index in [1.807, 2.05) is 24.3 Å². The van der Waals surface area contributed by atoms with Gasteiger partial charge in [0, 0.05) is 11.6 Å². The van der Waals surface area contributed by atoms with E-state index in [4.69, 9.17) is 9.63 Å². The van der Waals surface area contributed by atoms with Crippen molar-refractivity contribution in [2.24, 2.45) is 0 Å². The standard InChI is InChI=1S/C12H7N3O3/c16-12(17)10-14-11(18-15-10)8-5-6-13-9-4-2-1-3-7(8)9/h1-6H,(H,16,17). The number of pyridine rings is 1. The van der Waals surface area contributed by atoms with E-state index in [0.717, 1.165) is 10.9 Å². The molecule has 0 fully saturated rings. The van der Waals surface area contributed by atoms with Gasteiger partial charge in [-0.3, -0.25) is 4.98 Å². The zero-order chi connectivity index (χ0) is 12.5. The van der Waals surface area contributed by atoms with Crippen LogP contribution in [0.2, 0.25) is 0 Å². The number of para-hydroxylation sites is 1. The Morgan fingerprint density at radius 3 is 2.83 bits per heavy atom. The average molecular weight is 241 g/mol. The van der Waals surface area contributed by atoms with Gasteiger partial charge in [-0.15, -0.1) is 0 Å². The fraction of sp³-hybridized carbons (Fsp3) is 0. The van der Waals surface area contributed by atoms with Gasteiger partial charge in [-0.05, 0) is 17.3 Å². The van der Waals surface area contributed by atoms with Gasteiger partial charge in [-0.25, -0.2) is 4.79 Å². The van der Waals surface area contributed by atoms with Crippen LogP contribution in [0.25, 0.3) is 22.4 Å². The second-order valence-corrected chi connectivity index (χ2v) is 3.60. The predicted octanol–water partition coefficient (Wildman–Crippen LogP) is 1.98. The molecule has 88 valence electrons. The topological polar surface area (TPSA) is 89.1 Å². The zero-order valence-corrected chi connectivity index (χ0v) is 9.07. The Morgan fingerprint density at radius 2 is 2.06 bits per heavy atom. The van der Waals surface area contributed by atoms with Crippen LogP contribution in [0.4, 0.5) is 0 Å². The van der Waals surface area contributed by atoms with Crippen molar-refractivity contribution in [1.82, 2.24) is 15.1 Å². The number of aromatic nitrogens is 3. The second kappa shape index (κ2) is 3.92. The molecule has 0 bridgehead atoms. The van der Waals surface area contributed by atoms with E-state index >= 15 is 0 Å². The molecule has 0 aliphatic heterocycles. The molecule has 2 heterocycles. The van der Waals surface area contributed by atoms with E-state index < -0.39 is 5.97 Å². The third-order valence-corrected chi connectivity index (χ3v) is 2.50. The van der Waals surface area contributed by atoms with Crippen molar-refractivity contribution in [3.8, 4) is 11.5 Å². The summed E-state index contributed by atoms with van der Waals surface area (Å²) in [5, 5.41) is 13.0. The Kier molecular flexibility index (Phi) is 2.26. The van der Waals surface area contributed by atoms with Crippen molar-refractivity contribution < 1.29 is 14.4 Å². The number of benzene rings is 1. The molecule has 3 aromatic rings. The highest BCUT2D eigenvalue weighted by molar-refractivity contribution is 5.92. The first kappa shape index (κ1) is 10.4. The summed E-state index contributed by atoms with van der Waals surface area (Å²) in [7, 11) is 0. The van der Waals surface area contributed by atoms with E-state index in [1.54, 1.807) is 12.3 Å². The minimum Gasteiger partial charge on any atom is -0.475 e. The van der Waals surface area contributed by atoms with Gasteiger partial charge in [0.05, 0.1) is 11.1 Å². The van der Waals surface area contributed by atoms with Crippen molar-refractivity contribution in [3.63, 3.8) is 0 Å². The molecule has 0 spiro atoms. The first-order chi connectivity index (χ1) is 8.75. The monoisotopic (exact) mass is 241 g/mol. The number of carboxylic acid groups (broad SMARTS) is 1. The fourth-order valence-corrected chi connectivity index (χ4v) is 1.70. The molecule has 1 N–H and O–H groups in total. The number of carbonyl (C=O) groups is 1. The first-order valence-corrected chi connectivity index (χ1v) is 5.17. The molecule has 6 heteroatoms. The Morgan fingerprint density at radius 1 is 1.22 bits per heavy atom. The number of aromatic carboxylic acids is 1. The SMILES string of the molecule is O=C(O)c1noc(-c2ccnc3ccccc23)n1. The molecule has 0 unspecified atom stereocenters.